The van der Waals surface area contributed by atoms with Crippen LogP contribution < -0.4 is 4.90 Å². The van der Waals surface area contributed by atoms with Crippen LogP contribution in [0.4, 0.5) is 5.69 Å². The summed E-state index contributed by atoms with van der Waals surface area (Å²) in [6, 6.07) is 6.92. The Morgan fingerprint density at radius 2 is 1.62 bits per heavy atom. The van der Waals surface area contributed by atoms with Crippen LogP contribution in [-0.2, 0) is 9.59 Å². The fraction of sp³-hybridized carbons (Fsp3) is 0.476. The fourth-order valence-corrected chi connectivity index (χ4v) is 4.32. The highest BCUT2D eigenvalue weighted by molar-refractivity contribution is 6.22. The molecule has 5 nitrogen and oxygen atoms in total. The van der Waals surface area contributed by atoms with Gasteiger partial charge in [-0.2, -0.15) is 0 Å². The Kier molecular flexibility index (Phi) is 4.39. The molecule has 136 valence electrons. The van der Waals surface area contributed by atoms with Gasteiger partial charge in [-0.3, -0.25) is 19.3 Å². The number of benzene rings is 1. The first-order valence-electron chi connectivity index (χ1n) is 9.49. The third kappa shape index (κ3) is 2.85. The summed E-state index contributed by atoms with van der Waals surface area (Å²) in [4.78, 5) is 41.3. The maximum atomic E-state index is 12.8. The molecule has 1 aromatic rings. The monoisotopic (exact) mass is 352 g/mol. The number of rotatable bonds is 2. The summed E-state index contributed by atoms with van der Waals surface area (Å²) in [5, 5.41) is 0. The van der Waals surface area contributed by atoms with Crippen LogP contribution in [0, 0.1) is 11.8 Å². The van der Waals surface area contributed by atoms with Crippen molar-refractivity contribution in [1.29, 1.82) is 0 Å². The Balaban J connectivity index is 1.53. The van der Waals surface area contributed by atoms with Crippen LogP contribution in [0.2, 0.25) is 0 Å². The molecule has 0 saturated carbocycles. The molecule has 2 saturated heterocycles. The van der Waals surface area contributed by atoms with Crippen LogP contribution in [0.25, 0.3) is 0 Å². The van der Waals surface area contributed by atoms with E-state index in [0.717, 1.165) is 25.9 Å². The molecule has 2 atom stereocenters. The second kappa shape index (κ2) is 6.71. The standard InChI is InChI=1S/C21H24N2O3/c1-14-5-10-17-18(13-14)21(26)23(20(17)25)16-8-6-15(7-9-16)19(24)22-11-3-2-4-12-22/h5-9,17-18H,2-4,10-13H2,1H3/t17-,18-/m0/s1. The van der Waals surface area contributed by atoms with E-state index < -0.39 is 0 Å². The zero-order valence-electron chi connectivity index (χ0n) is 15.1. The van der Waals surface area contributed by atoms with E-state index >= 15 is 0 Å². The molecule has 26 heavy (non-hydrogen) atoms. The largest absolute Gasteiger partial charge is 0.339 e. The number of allylic oxidation sites excluding steroid dienone is 2. The van der Waals surface area contributed by atoms with Crippen molar-refractivity contribution >= 4 is 23.4 Å². The van der Waals surface area contributed by atoms with Crippen molar-refractivity contribution in [3.8, 4) is 0 Å². The third-order valence-corrected chi connectivity index (χ3v) is 5.84. The molecule has 2 heterocycles. The van der Waals surface area contributed by atoms with Gasteiger partial charge in [-0.25, -0.2) is 0 Å². The molecule has 0 radical (unpaired) electrons. The number of carbonyl (C=O) groups is 3. The molecule has 3 amide bonds. The van der Waals surface area contributed by atoms with Gasteiger partial charge in [-0.05, 0) is 63.3 Å². The summed E-state index contributed by atoms with van der Waals surface area (Å²) in [6.45, 7) is 3.62. The number of imide groups is 1. The first kappa shape index (κ1) is 17.0. The highest BCUT2D eigenvalue weighted by Gasteiger charge is 2.48. The minimum absolute atomic E-state index is 0.0313. The first-order valence-corrected chi connectivity index (χ1v) is 9.49. The maximum Gasteiger partial charge on any atom is 0.253 e. The van der Waals surface area contributed by atoms with E-state index in [0.29, 0.717) is 24.1 Å². The molecule has 0 bridgehead atoms. The second-order valence-corrected chi connectivity index (χ2v) is 7.61. The lowest BCUT2D eigenvalue weighted by molar-refractivity contribution is -0.122. The number of nitrogens with zero attached hydrogens (tertiary/aromatic N) is 2. The van der Waals surface area contributed by atoms with Gasteiger partial charge in [0.15, 0.2) is 0 Å². The van der Waals surface area contributed by atoms with Gasteiger partial charge >= 0.3 is 0 Å². The number of hydrogen-bond donors (Lipinski definition) is 0. The topological polar surface area (TPSA) is 57.7 Å². The number of anilines is 1. The number of hydrogen-bond acceptors (Lipinski definition) is 3. The molecule has 4 rings (SSSR count). The fourth-order valence-electron chi connectivity index (χ4n) is 4.32. The lowest BCUT2D eigenvalue weighted by Gasteiger charge is -2.26. The molecule has 2 fully saturated rings. The normalized spacial score (nSPS) is 26.0. The van der Waals surface area contributed by atoms with E-state index in [2.05, 4.69) is 6.08 Å². The van der Waals surface area contributed by atoms with Crippen molar-refractivity contribution in [2.75, 3.05) is 18.0 Å². The van der Waals surface area contributed by atoms with Crippen LogP contribution in [0.1, 0.15) is 49.4 Å². The zero-order valence-corrected chi connectivity index (χ0v) is 15.1. The van der Waals surface area contributed by atoms with Gasteiger partial charge in [0.1, 0.15) is 0 Å². The number of amides is 3. The summed E-state index contributed by atoms with van der Waals surface area (Å²) in [5.74, 6) is -0.659. The summed E-state index contributed by atoms with van der Waals surface area (Å²) >= 11 is 0. The molecule has 1 aromatic carbocycles. The van der Waals surface area contributed by atoms with Crippen molar-refractivity contribution in [1.82, 2.24) is 4.90 Å². The molecular formula is C21H24N2O3. The molecule has 3 aliphatic rings. The van der Waals surface area contributed by atoms with Gasteiger partial charge in [0.2, 0.25) is 11.8 Å². The molecule has 0 aromatic heterocycles. The summed E-state index contributed by atoms with van der Waals surface area (Å²) in [7, 11) is 0. The van der Waals surface area contributed by atoms with Gasteiger partial charge in [-0.15, -0.1) is 0 Å². The van der Waals surface area contributed by atoms with E-state index in [4.69, 9.17) is 0 Å². The average Bonchev–Trinajstić information content (AvgIpc) is 2.92. The van der Waals surface area contributed by atoms with E-state index in [9.17, 15) is 14.4 Å². The number of likely N-dealkylation sites (tertiary alicyclic amines) is 1. The van der Waals surface area contributed by atoms with Crippen LogP contribution >= 0.6 is 0 Å². The van der Waals surface area contributed by atoms with Gasteiger partial charge in [0, 0.05) is 18.7 Å². The smallest absolute Gasteiger partial charge is 0.253 e. The Morgan fingerprint density at radius 3 is 2.31 bits per heavy atom. The zero-order chi connectivity index (χ0) is 18.3. The van der Waals surface area contributed by atoms with Crippen molar-refractivity contribution in [3.05, 3.63) is 41.5 Å². The number of carbonyl (C=O) groups excluding carboxylic acids is 3. The Hall–Kier alpha value is -2.43. The maximum absolute atomic E-state index is 12.8. The van der Waals surface area contributed by atoms with Gasteiger partial charge < -0.3 is 4.90 Å². The van der Waals surface area contributed by atoms with E-state index in [1.54, 1.807) is 24.3 Å². The predicted octanol–water partition coefficient (Wildman–Crippen LogP) is 3.16. The molecule has 5 heteroatoms. The molecule has 0 unspecified atom stereocenters. The van der Waals surface area contributed by atoms with E-state index in [-0.39, 0.29) is 29.6 Å². The molecule has 0 spiro atoms. The minimum atomic E-state index is -0.235. The van der Waals surface area contributed by atoms with Crippen LogP contribution in [-0.4, -0.2) is 35.7 Å². The lowest BCUT2D eigenvalue weighted by Crippen LogP contribution is -2.35. The first-order chi connectivity index (χ1) is 12.6. The minimum Gasteiger partial charge on any atom is -0.339 e. The van der Waals surface area contributed by atoms with E-state index in [1.807, 2.05) is 11.8 Å². The Labute approximate surface area is 153 Å². The highest BCUT2D eigenvalue weighted by Crippen LogP contribution is 2.39. The molecule has 0 N–H and O–H groups in total. The number of piperidine rings is 1. The lowest BCUT2D eigenvalue weighted by atomic mass is 9.82. The van der Waals surface area contributed by atoms with Crippen molar-refractivity contribution in [2.45, 2.75) is 39.0 Å². The molecule has 1 aliphatic carbocycles. The SMILES string of the molecule is CC1=CC[C@@H]2C(=O)N(c3ccc(C(=O)N4CCCCC4)cc3)C(=O)[C@H]2C1. The number of fused-ring (bicyclic) bond motifs is 1. The predicted molar refractivity (Wildman–Crippen MR) is 98.7 cm³/mol. The third-order valence-electron chi connectivity index (χ3n) is 5.84. The summed E-state index contributed by atoms with van der Waals surface area (Å²) < 4.78 is 0. The quantitative estimate of drug-likeness (QED) is 0.607. The van der Waals surface area contributed by atoms with E-state index in [1.165, 1.54) is 16.9 Å². The van der Waals surface area contributed by atoms with Gasteiger partial charge in [0.25, 0.3) is 5.91 Å². The van der Waals surface area contributed by atoms with Crippen molar-refractivity contribution in [3.63, 3.8) is 0 Å². The second-order valence-electron chi connectivity index (χ2n) is 7.61. The average molecular weight is 352 g/mol. The van der Waals surface area contributed by atoms with Crippen LogP contribution in [0.15, 0.2) is 35.9 Å². The van der Waals surface area contributed by atoms with Crippen LogP contribution in [0.5, 0.6) is 0 Å². The van der Waals surface area contributed by atoms with Gasteiger partial charge in [0.05, 0.1) is 17.5 Å². The summed E-state index contributed by atoms with van der Waals surface area (Å²) in [6.07, 6.45) is 6.66. The molecule has 2 aliphatic heterocycles. The van der Waals surface area contributed by atoms with Crippen LogP contribution in [0.3, 0.4) is 0 Å². The Bertz CT molecular complexity index is 775. The van der Waals surface area contributed by atoms with Crippen molar-refractivity contribution < 1.29 is 14.4 Å². The summed E-state index contributed by atoms with van der Waals surface area (Å²) in [5.41, 5.74) is 2.36. The van der Waals surface area contributed by atoms with Gasteiger partial charge in [-0.1, -0.05) is 11.6 Å². The van der Waals surface area contributed by atoms with Crippen molar-refractivity contribution in [2.24, 2.45) is 11.8 Å². The highest BCUT2D eigenvalue weighted by atomic mass is 16.2. The molecular weight excluding hydrogens is 328 g/mol. The Morgan fingerprint density at radius 1 is 0.962 bits per heavy atom.